The van der Waals surface area contributed by atoms with Gasteiger partial charge in [0.2, 0.25) is 10.0 Å². The molecule has 8 heteroatoms. The first-order valence-corrected chi connectivity index (χ1v) is 11.8. The molecular formula is C24H22N4O3S. The first kappa shape index (κ1) is 21.3. The molecule has 2 N–H and O–H groups in total. The monoisotopic (exact) mass is 446 g/mol. The number of nitrogens with one attached hydrogen (secondary N) is 2. The minimum absolute atomic E-state index is 0.460. The summed E-state index contributed by atoms with van der Waals surface area (Å²) in [6.07, 6.45) is 2.61. The third-order valence-corrected chi connectivity index (χ3v) is 5.13. The van der Waals surface area contributed by atoms with Gasteiger partial charge < -0.3 is 10.1 Å². The fourth-order valence-corrected chi connectivity index (χ4v) is 3.66. The summed E-state index contributed by atoms with van der Waals surface area (Å²) in [6.45, 7) is 0.460. The van der Waals surface area contributed by atoms with E-state index in [-0.39, 0.29) is 0 Å². The maximum absolute atomic E-state index is 11.3. The van der Waals surface area contributed by atoms with Crippen LogP contribution in [0.3, 0.4) is 0 Å². The van der Waals surface area contributed by atoms with Gasteiger partial charge in [0.1, 0.15) is 24.5 Å². The molecule has 1 heterocycles. The SMILES string of the molecule is CS(=O)(=O)Nc1ccc(Nc2cc(-c3ccccc3OCc3ccccc3)ncn2)cc1. The van der Waals surface area contributed by atoms with Gasteiger partial charge in [-0.05, 0) is 42.0 Å². The molecule has 0 fully saturated rings. The van der Waals surface area contributed by atoms with Gasteiger partial charge in [0.25, 0.3) is 0 Å². The molecule has 0 saturated carbocycles. The Morgan fingerprint density at radius 1 is 0.844 bits per heavy atom. The predicted octanol–water partition coefficient (Wildman–Crippen LogP) is 4.84. The highest BCUT2D eigenvalue weighted by Gasteiger charge is 2.09. The Balaban J connectivity index is 1.51. The lowest BCUT2D eigenvalue weighted by Gasteiger charge is -2.12. The molecule has 4 aromatic rings. The number of rotatable bonds is 8. The predicted molar refractivity (Wildman–Crippen MR) is 126 cm³/mol. The summed E-state index contributed by atoms with van der Waals surface area (Å²) in [4.78, 5) is 8.70. The zero-order valence-corrected chi connectivity index (χ0v) is 18.2. The lowest BCUT2D eigenvalue weighted by atomic mass is 10.1. The minimum Gasteiger partial charge on any atom is -0.488 e. The fraction of sp³-hybridized carbons (Fsp3) is 0.0833. The Hall–Kier alpha value is -3.91. The molecule has 7 nitrogen and oxygen atoms in total. The van der Waals surface area contributed by atoms with Crippen LogP contribution in [0.5, 0.6) is 5.75 Å². The van der Waals surface area contributed by atoms with E-state index in [1.54, 1.807) is 24.3 Å². The second-order valence-electron chi connectivity index (χ2n) is 7.14. The number of anilines is 3. The van der Waals surface area contributed by atoms with E-state index in [2.05, 4.69) is 20.0 Å². The van der Waals surface area contributed by atoms with E-state index >= 15 is 0 Å². The summed E-state index contributed by atoms with van der Waals surface area (Å²) >= 11 is 0. The molecule has 162 valence electrons. The van der Waals surface area contributed by atoms with Crippen LogP contribution in [0.1, 0.15) is 5.56 Å². The van der Waals surface area contributed by atoms with Crippen molar-refractivity contribution in [1.82, 2.24) is 9.97 Å². The second-order valence-corrected chi connectivity index (χ2v) is 8.88. The number of benzene rings is 3. The van der Waals surface area contributed by atoms with Crippen molar-refractivity contribution < 1.29 is 13.2 Å². The molecule has 0 bridgehead atoms. The van der Waals surface area contributed by atoms with Crippen LogP contribution in [0.2, 0.25) is 0 Å². The number of hydrogen-bond acceptors (Lipinski definition) is 6. The molecule has 0 radical (unpaired) electrons. The summed E-state index contributed by atoms with van der Waals surface area (Å²) in [6, 6.07) is 26.5. The molecule has 4 rings (SSSR count). The molecule has 1 aromatic heterocycles. The smallest absolute Gasteiger partial charge is 0.229 e. The molecule has 0 amide bonds. The van der Waals surface area contributed by atoms with Gasteiger partial charge in [-0.3, -0.25) is 4.72 Å². The van der Waals surface area contributed by atoms with Crippen molar-refractivity contribution in [3.63, 3.8) is 0 Å². The average Bonchev–Trinajstić information content (AvgIpc) is 2.79. The van der Waals surface area contributed by atoms with Gasteiger partial charge in [-0.15, -0.1) is 0 Å². The van der Waals surface area contributed by atoms with Crippen molar-refractivity contribution in [3.05, 3.63) is 96.8 Å². The molecule has 0 unspecified atom stereocenters. The maximum Gasteiger partial charge on any atom is 0.229 e. The van der Waals surface area contributed by atoms with E-state index in [0.717, 1.165) is 34.5 Å². The molecule has 0 aliphatic rings. The van der Waals surface area contributed by atoms with Gasteiger partial charge in [-0.1, -0.05) is 42.5 Å². The van der Waals surface area contributed by atoms with Gasteiger partial charge in [-0.2, -0.15) is 0 Å². The van der Waals surface area contributed by atoms with Crippen LogP contribution in [0.15, 0.2) is 91.3 Å². The van der Waals surface area contributed by atoms with E-state index < -0.39 is 10.0 Å². The highest BCUT2D eigenvalue weighted by atomic mass is 32.2. The highest BCUT2D eigenvalue weighted by Crippen LogP contribution is 2.30. The maximum atomic E-state index is 11.3. The van der Waals surface area contributed by atoms with Gasteiger partial charge in [0, 0.05) is 23.0 Å². The minimum atomic E-state index is -3.31. The largest absolute Gasteiger partial charge is 0.488 e. The number of nitrogens with zero attached hydrogens (tertiary/aromatic N) is 2. The van der Waals surface area contributed by atoms with Crippen LogP contribution in [0.25, 0.3) is 11.3 Å². The Kier molecular flexibility index (Phi) is 6.32. The van der Waals surface area contributed by atoms with Gasteiger partial charge in [0.15, 0.2) is 0 Å². The fourth-order valence-electron chi connectivity index (χ4n) is 3.10. The molecule has 0 saturated heterocycles. The molecule has 3 aromatic carbocycles. The van der Waals surface area contributed by atoms with Crippen LogP contribution >= 0.6 is 0 Å². The van der Waals surface area contributed by atoms with Gasteiger partial charge in [0.05, 0.1) is 11.9 Å². The van der Waals surface area contributed by atoms with Crippen molar-refractivity contribution in [2.45, 2.75) is 6.61 Å². The summed E-state index contributed by atoms with van der Waals surface area (Å²) in [5.74, 6) is 1.34. The topological polar surface area (TPSA) is 93.2 Å². The number of ether oxygens (including phenoxy) is 1. The zero-order valence-electron chi connectivity index (χ0n) is 17.4. The highest BCUT2D eigenvalue weighted by molar-refractivity contribution is 7.92. The van der Waals surface area contributed by atoms with Crippen LogP contribution in [-0.4, -0.2) is 24.6 Å². The van der Waals surface area contributed by atoms with Crippen molar-refractivity contribution >= 4 is 27.2 Å². The van der Waals surface area contributed by atoms with Crippen molar-refractivity contribution in [2.75, 3.05) is 16.3 Å². The number of para-hydroxylation sites is 1. The lowest BCUT2D eigenvalue weighted by molar-refractivity contribution is 0.307. The first-order chi connectivity index (χ1) is 15.5. The van der Waals surface area contributed by atoms with Crippen molar-refractivity contribution in [2.24, 2.45) is 0 Å². The number of hydrogen-bond donors (Lipinski definition) is 2. The molecule has 0 aliphatic heterocycles. The van der Waals surface area contributed by atoms with Crippen LogP contribution in [-0.2, 0) is 16.6 Å². The molecule has 0 atom stereocenters. The molecular weight excluding hydrogens is 424 g/mol. The van der Waals surface area contributed by atoms with E-state index in [4.69, 9.17) is 4.74 Å². The van der Waals surface area contributed by atoms with Crippen LogP contribution in [0, 0.1) is 0 Å². The summed E-state index contributed by atoms with van der Waals surface area (Å²) in [7, 11) is -3.31. The summed E-state index contributed by atoms with van der Waals surface area (Å²) < 4.78 is 31.2. The number of sulfonamides is 1. The Morgan fingerprint density at radius 3 is 2.28 bits per heavy atom. The summed E-state index contributed by atoms with van der Waals surface area (Å²) in [5.41, 5.74) is 3.93. The first-order valence-electron chi connectivity index (χ1n) is 9.89. The quantitative estimate of drug-likeness (QED) is 0.402. The van der Waals surface area contributed by atoms with Crippen molar-refractivity contribution in [1.29, 1.82) is 0 Å². The molecule has 0 spiro atoms. The standard InChI is InChI=1S/C24H22N4O3S/c1-32(29,30)28-20-13-11-19(12-14-20)27-24-15-22(25-17-26-24)21-9-5-6-10-23(21)31-16-18-7-3-2-4-8-18/h2-15,17,28H,16H2,1H3,(H,25,26,27). The van der Waals surface area contributed by atoms with Crippen LogP contribution < -0.4 is 14.8 Å². The van der Waals surface area contributed by atoms with Gasteiger partial charge >= 0.3 is 0 Å². The molecule has 32 heavy (non-hydrogen) atoms. The molecule has 0 aliphatic carbocycles. The van der Waals surface area contributed by atoms with E-state index in [1.807, 2.05) is 60.7 Å². The van der Waals surface area contributed by atoms with E-state index in [0.29, 0.717) is 18.1 Å². The Morgan fingerprint density at radius 2 is 1.53 bits per heavy atom. The second kappa shape index (κ2) is 9.49. The average molecular weight is 447 g/mol. The number of aromatic nitrogens is 2. The third kappa shape index (κ3) is 5.83. The Labute approximate surface area is 187 Å². The third-order valence-electron chi connectivity index (χ3n) is 4.53. The van der Waals surface area contributed by atoms with E-state index in [1.165, 1.54) is 6.33 Å². The van der Waals surface area contributed by atoms with Gasteiger partial charge in [-0.25, -0.2) is 18.4 Å². The Bertz CT molecular complexity index is 1290. The zero-order chi connectivity index (χ0) is 22.4. The normalized spacial score (nSPS) is 11.0. The van der Waals surface area contributed by atoms with Crippen LogP contribution in [0.4, 0.5) is 17.2 Å². The van der Waals surface area contributed by atoms with Crippen molar-refractivity contribution in [3.8, 4) is 17.0 Å². The lowest BCUT2D eigenvalue weighted by Crippen LogP contribution is -2.09. The van der Waals surface area contributed by atoms with E-state index in [9.17, 15) is 8.42 Å². The summed E-state index contributed by atoms with van der Waals surface area (Å²) in [5, 5.41) is 3.21.